The number of unbranched alkanes of at least 4 members (excludes halogenated alkanes) is 1. The minimum atomic E-state index is -4.39. The molecule has 0 spiro atoms. The molecule has 2 aromatic carbocycles. The number of ether oxygens (including phenoxy) is 1. The lowest BCUT2D eigenvalue weighted by atomic mass is 9.98. The van der Waals surface area contributed by atoms with E-state index in [1.807, 2.05) is 13.0 Å². The highest BCUT2D eigenvalue weighted by Gasteiger charge is 2.32. The normalized spacial score (nSPS) is 11.1. The zero-order valence-corrected chi connectivity index (χ0v) is 18.5. The van der Waals surface area contributed by atoms with E-state index < -0.39 is 17.7 Å². The van der Waals surface area contributed by atoms with Crippen LogP contribution in [0.5, 0.6) is 5.75 Å². The average Bonchev–Trinajstić information content (AvgIpc) is 2.82. The quantitative estimate of drug-likeness (QED) is 0.373. The van der Waals surface area contributed by atoms with E-state index in [0.29, 0.717) is 36.1 Å². The maximum Gasteiger partial charge on any atom is 0.416 e. The highest BCUT2D eigenvalue weighted by Crippen LogP contribution is 2.33. The van der Waals surface area contributed by atoms with Gasteiger partial charge in [-0.2, -0.15) is 18.4 Å². The molecule has 3 rings (SSSR count). The number of pyridine rings is 1. The van der Waals surface area contributed by atoms with Crippen LogP contribution in [0.2, 0.25) is 0 Å². The van der Waals surface area contributed by atoms with Crippen LogP contribution in [0.3, 0.4) is 0 Å². The first kappa shape index (κ1) is 24.8. The van der Waals surface area contributed by atoms with Crippen molar-refractivity contribution in [3.8, 4) is 23.1 Å². The van der Waals surface area contributed by atoms with E-state index in [9.17, 15) is 28.3 Å². The summed E-state index contributed by atoms with van der Waals surface area (Å²) in [5.41, 5.74) is 1.34. The van der Waals surface area contributed by atoms with Crippen LogP contribution in [-0.2, 0) is 19.0 Å². The van der Waals surface area contributed by atoms with Gasteiger partial charge in [-0.05, 0) is 67.1 Å². The van der Waals surface area contributed by atoms with E-state index in [-0.39, 0.29) is 35.4 Å². The molecule has 8 heteroatoms. The summed E-state index contributed by atoms with van der Waals surface area (Å²) in [6.07, 6.45) is -1.07. The summed E-state index contributed by atoms with van der Waals surface area (Å²) in [5, 5.41) is 19.2. The maximum atomic E-state index is 13.1. The van der Waals surface area contributed by atoms with Gasteiger partial charge in [0.2, 0.25) is 0 Å². The fraction of sp³-hybridized carbons (Fsp3) is 0.269. The van der Waals surface area contributed by atoms with Crippen molar-refractivity contribution in [2.24, 2.45) is 0 Å². The van der Waals surface area contributed by atoms with Gasteiger partial charge >= 0.3 is 12.1 Å². The third kappa shape index (κ3) is 5.73. The summed E-state index contributed by atoms with van der Waals surface area (Å²) in [7, 11) is 0. The van der Waals surface area contributed by atoms with Gasteiger partial charge in [0.25, 0.3) is 0 Å². The van der Waals surface area contributed by atoms with Crippen molar-refractivity contribution in [2.45, 2.75) is 38.8 Å². The first-order valence-electron chi connectivity index (χ1n) is 10.8. The Morgan fingerprint density at radius 1 is 1.12 bits per heavy atom. The van der Waals surface area contributed by atoms with Gasteiger partial charge in [-0.25, -0.2) is 4.79 Å². The van der Waals surface area contributed by atoms with Crippen molar-refractivity contribution >= 4 is 5.97 Å². The van der Waals surface area contributed by atoms with E-state index in [0.717, 1.165) is 6.07 Å². The number of nitriles is 1. The van der Waals surface area contributed by atoms with Crippen LogP contribution in [0.15, 0.2) is 54.7 Å². The third-order valence-electron chi connectivity index (χ3n) is 5.43. The summed E-state index contributed by atoms with van der Waals surface area (Å²) >= 11 is 0. The summed E-state index contributed by atoms with van der Waals surface area (Å²) in [6.45, 7) is 2.08. The molecule has 176 valence electrons. The summed E-state index contributed by atoms with van der Waals surface area (Å²) in [4.78, 5) is 16.0. The van der Waals surface area contributed by atoms with Gasteiger partial charge in [-0.3, -0.25) is 4.98 Å². The van der Waals surface area contributed by atoms with E-state index in [4.69, 9.17) is 4.74 Å². The molecule has 5 nitrogen and oxygen atoms in total. The minimum Gasteiger partial charge on any atom is -0.492 e. The molecule has 1 N–H and O–H groups in total. The lowest BCUT2D eigenvalue weighted by Gasteiger charge is -2.13. The Morgan fingerprint density at radius 2 is 1.88 bits per heavy atom. The molecule has 0 aliphatic heterocycles. The van der Waals surface area contributed by atoms with Gasteiger partial charge in [-0.15, -0.1) is 0 Å². The summed E-state index contributed by atoms with van der Waals surface area (Å²) in [5.74, 6) is -0.767. The molecule has 3 aromatic rings. The number of halogens is 3. The average molecular weight is 468 g/mol. The predicted octanol–water partition coefficient (Wildman–Crippen LogP) is 6.30. The number of benzene rings is 2. The first-order chi connectivity index (χ1) is 16.3. The number of nitrogens with zero attached hydrogens (tertiary/aromatic N) is 2. The predicted molar refractivity (Wildman–Crippen MR) is 121 cm³/mol. The number of hydrogen-bond donors (Lipinski definition) is 1. The van der Waals surface area contributed by atoms with Crippen LogP contribution >= 0.6 is 0 Å². The number of hydrogen-bond acceptors (Lipinski definition) is 4. The van der Waals surface area contributed by atoms with Gasteiger partial charge in [0, 0.05) is 11.8 Å². The van der Waals surface area contributed by atoms with Gasteiger partial charge in [-0.1, -0.05) is 25.1 Å². The van der Waals surface area contributed by atoms with Crippen LogP contribution < -0.4 is 4.74 Å². The van der Waals surface area contributed by atoms with Gasteiger partial charge in [0.05, 0.1) is 29.0 Å². The molecular formula is C26H23F3N2O3. The molecule has 0 saturated heterocycles. The largest absolute Gasteiger partial charge is 0.492 e. The minimum absolute atomic E-state index is 0.0988. The second-order valence-corrected chi connectivity index (χ2v) is 7.64. The molecule has 34 heavy (non-hydrogen) atoms. The summed E-state index contributed by atoms with van der Waals surface area (Å²) < 4.78 is 45.0. The SMILES string of the molecule is CCc1ccnc(-c2ccc(OCCCCc3ccccc3C(F)(F)F)c(C#N)c2)c1C(=O)O. The second kappa shape index (κ2) is 10.8. The number of carboxylic acid groups (broad SMARTS) is 1. The standard InChI is InChI=1S/C26H23F3N2O3/c1-2-17-12-13-31-24(23(17)25(32)33)19-10-11-22(20(15-19)16-30)34-14-6-5-8-18-7-3-4-9-21(18)26(27,28)29/h3-4,7,9-13,15H,2,5-6,8,14H2,1H3,(H,32,33). The number of alkyl halides is 3. The molecule has 0 atom stereocenters. The highest BCUT2D eigenvalue weighted by atomic mass is 19.4. The Hall–Kier alpha value is -3.86. The molecule has 0 amide bonds. The number of carboxylic acids is 1. The second-order valence-electron chi connectivity index (χ2n) is 7.64. The fourth-order valence-electron chi connectivity index (χ4n) is 3.76. The molecule has 0 bridgehead atoms. The molecule has 0 saturated carbocycles. The van der Waals surface area contributed by atoms with Crippen molar-refractivity contribution in [1.82, 2.24) is 4.98 Å². The van der Waals surface area contributed by atoms with E-state index >= 15 is 0 Å². The molecule has 1 aromatic heterocycles. The zero-order chi connectivity index (χ0) is 24.7. The monoisotopic (exact) mass is 468 g/mol. The van der Waals surface area contributed by atoms with Crippen LogP contribution in [-0.4, -0.2) is 22.7 Å². The fourth-order valence-corrected chi connectivity index (χ4v) is 3.76. The Kier molecular flexibility index (Phi) is 7.90. The lowest BCUT2D eigenvalue weighted by molar-refractivity contribution is -0.138. The zero-order valence-electron chi connectivity index (χ0n) is 18.5. The number of aryl methyl sites for hydroxylation is 2. The van der Waals surface area contributed by atoms with E-state index in [1.165, 1.54) is 24.4 Å². The molecule has 0 fully saturated rings. The maximum absolute atomic E-state index is 13.1. The van der Waals surface area contributed by atoms with Crippen molar-refractivity contribution in [1.29, 1.82) is 5.26 Å². The molecule has 1 heterocycles. The number of rotatable bonds is 9. The molecule has 0 radical (unpaired) electrons. The van der Waals surface area contributed by atoms with Crippen molar-refractivity contribution in [2.75, 3.05) is 6.61 Å². The smallest absolute Gasteiger partial charge is 0.416 e. The number of aromatic carboxylic acids is 1. The Bertz CT molecular complexity index is 1220. The van der Waals surface area contributed by atoms with Crippen molar-refractivity contribution in [3.63, 3.8) is 0 Å². The van der Waals surface area contributed by atoms with Crippen molar-refractivity contribution < 1.29 is 27.8 Å². The third-order valence-corrected chi connectivity index (χ3v) is 5.43. The molecule has 0 unspecified atom stereocenters. The first-order valence-corrected chi connectivity index (χ1v) is 10.8. The number of carbonyl (C=O) groups is 1. The van der Waals surface area contributed by atoms with E-state index in [2.05, 4.69) is 4.98 Å². The highest BCUT2D eigenvalue weighted by molar-refractivity contribution is 5.96. The van der Waals surface area contributed by atoms with Crippen molar-refractivity contribution in [3.05, 3.63) is 82.5 Å². The van der Waals surface area contributed by atoms with Crippen LogP contribution in [0.25, 0.3) is 11.3 Å². The Labute approximate surface area is 195 Å². The topological polar surface area (TPSA) is 83.2 Å². The van der Waals surface area contributed by atoms with Crippen LogP contribution in [0.1, 0.15) is 52.4 Å². The van der Waals surface area contributed by atoms with Gasteiger partial charge in [0.15, 0.2) is 0 Å². The Balaban J connectivity index is 1.68. The Morgan fingerprint density at radius 3 is 2.56 bits per heavy atom. The van der Waals surface area contributed by atoms with Crippen LogP contribution in [0, 0.1) is 11.3 Å². The molecular weight excluding hydrogens is 445 g/mol. The van der Waals surface area contributed by atoms with Gasteiger partial charge in [0.1, 0.15) is 11.8 Å². The summed E-state index contributed by atoms with van der Waals surface area (Å²) in [6, 6.07) is 14.0. The van der Waals surface area contributed by atoms with Crippen LogP contribution in [0.4, 0.5) is 13.2 Å². The van der Waals surface area contributed by atoms with E-state index in [1.54, 1.807) is 24.3 Å². The molecule has 0 aliphatic carbocycles. The van der Waals surface area contributed by atoms with Gasteiger partial charge < -0.3 is 9.84 Å². The molecule has 0 aliphatic rings. The number of aromatic nitrogens is 1. The lowest BCUT2D eigenvalue weighted by Crippen LogP contribution is -2.09.